The van der Waals surface area contributed by atoms with E-state index in [1.165, 1.54) is 36.7 Å². The zero-order valence-electron chi connectivity index (χ0n) is 16.7. The van der Waals surface area contributed by atoms with Crippen LogP contribution >= 0.6 is 11.3 Å². The van der Waals surface area contributed by atoms with Crippen LogP contribution in [0.1, 0.15) is 5.01 Å². The quantitative estimate of drug-likeness (QED) is 0.252. The SMILES string of the molecule is C=C(c1ncc(-c2ccncc2Oc2ccc(F)cc2)s1)S(=O)(=O)c1ccc([N+](=O)[O-])cc1. The Bertz CT molecular complexity index is 1450. The van der Waals surface area contributed by atoms with Gasteiger partial charge in [0.05, 0.1) is 20.9 Å². The van der Waals surface area contributed by atoms with Crippen molar-refractivity contribution >= 4 is 31.8 Å². The molecule has 4 aromatic rings. The Morgan fingerprint density at radius 2 is 1.76 bits per heavy atom. The van der Waals surface area contributed by atoms with Crippen LogP contribution < -0.4 is 4.74 Å². The van der Waals surface area contributed by atoms with Gasteiger partial charge in [0.1, 0.15) is 21.5 Å². The molecule has 11 heteroatoms. The average Bonchev–Trinajstić information content (AvgIpc) is 3.30. The Morgan fingerprint density at radius 1 is 1.06 bits per heavy atom. The molecule has 166 valence electrons. The van der Waals surface area contributed by atoms with E-state index in [9.17, 15) is 22.9 Å². The molecular formula is C22H14FN3O5S2. The van der Waals surface area contributed by atoms with Gasteiger partial charge in [-0.3, -0.25) is 15.1 Å². The van der Waals surface area contributed by atoms with E-state index in [0.29, 0.717) is 21.9 Å². The van der Waals surface area contributed by atoms with Crippen LogP contribution in [0.25, 0.3) is 15.3 Å². The van der Waals surface area contributed by atoms with Crippen molar-refractivity contribution in [1.29, 1.82) is 0 Å². The molecule has 0 unspecified atom stereocenters. The smallest absolute Gasteiger partial charge is 0.269 e. The van der Waals surface area contributed by atoms with E-state index in [-0.39, 0.29) is 20.5 Å². The number of non-ortho nitro benzene ring substituents is 1. The first-order chi connectivity index (χ1) is 15.8. The molecule has 0 aliphatic carbocycles. The molecule has 0 atom stereocenters. The lowest BCUT2D eigenvalue weighted by atomic mass is 10.2. The number of aromatic nitrogens is 2. The average molecular weight is 484 g/mol. The van der Waals surface area contributed by atoms with E-state index in [1.807, 2.05) is 0 Å². The van der Waals surface area contributed by atoms with Gasteiger partial charge in [0.15, 0.2) is 5.75 Å². The molecule has 0 fully saturated rings. The number of nitrogens with zero attached hydrogens (tertiary/aromatic N) is 3. The summed E-state index contributed by atoms with van der Waals surface area (Å²) in [5.41, 5.74) is 0.390. The number of nitro groups is 1. The molecule has 4 rings (SSSR count). The topological polar surface area (TPSA) is 112 Å². The van der Waals surface area contributed by atoms with Crippen LogP contribution in [-0.4, -0.2) is 23.3 Å². The Labute approximate surface area is 191 Å². The number of nitro benzene ring substituents is 1. The van der Waals surface area contributed by atoms with Crippen molar-refractivity contribution in [3.63, 3.8) is 0 Å². The van der Waals surface area contributed by atoms with Crippen LogP contribution in [-0.2, 0) is 9.84 Å². The third-order valence-electron chi connectivity index (χ3n) is 4.52. The number of rotatable bonds is 7. The van der Waals surface area contributed by atoms with Crippen molar-refractivity contribution in [3.05, 3.63) is 101 Å². The summed E-state index contributed by atoms with van der Waals surface area (Å²) in [5, 5.41) is 11.0. The van der Waals surface area contributed by atoms with Crippen molar-refractivity contribution < 1.29 is 22.5 Å². The number of ether oxygens (including phenoxy) is 1. The molecule has 8 nitrogen and oxygen atoms in total. The van der Waals surface area contributed by atoms with Gasteiger partial charge in [-0.2, -0.15) is 0 Å². The number of thiazole rings is 1. The first-order valence-electron chi connectivity index (χ1n) is 9.28. The maximum Gasteiger partial charge on any atom is 0.269 e. The Hall–Kier alpha value is -3.96. The third kappa shape index (κ3) is 4.64. The van der Waals surface area contributed by atoms with Crippen LogP contribution in [0.3, 0.4) is 0 Å². The largest absolute Gasteiger partial charge is 0.455 e. The molecule has 0 saturated heterocycles. The van der Waals surface area contributed by atoms with E-state index in [1.54, 1.807) is 12.3 Å². The fourth-order valence-corrected chi connectivity index (χ4v) is 5.15. The minimum Gasteiger partial charge on any atom is -0.455 e. The van der Waals surface area contributed by atoms with Gasteiger partial charge in [0, 0.05) is 30.1 Å². The van der Waals surface area contributed by atoms with Crippen molar-refractivity contribution in [2.45, 2.75) is 4.90 Å². The fourth-order valence-electron chi connectivity index (χ4n) is 2.83. The van der Waals surface area contributed by atoms with Crippen LogP contribution in [0, 0.1) is 15.9 Å². The van der Waals surface area contributed by atoms with Crippen molar-refractivity contribution in [3.8, 4) is 21.9 Å². The Balaban J connectivity index is 1.62. The van der Waals surface area contributed by atoms with Crippen LogP contribution in [0.4, 0.5) is 10.1 Å². The molecule has 0 bridgehead atoms. The monoisotopic (exact) mass is 483 g/mol. The van der Waals surface area contributed by atoms with Crippen molar-refractivity contribution in [2.24, 2.45) is 0 Å². The first kappa shape index (κ1) is 22.2. The highest BCUT2D eigenvalue weighted by molar-refractivity contribution is 8.00. The predicted octanol–water partition coefficient (Wildman–Crippen LogP) is 5.49. The summed E-state index contributed by atoms with van der Waals surface area (Å²) in [6.07, 6.45) is 4.53. The van der Waals surface area contributed by atoms with Gasteiger partial charge < -0.3 is 4.74 Å². The molecule has 2 heterocycles. The predicted molar refractivity (Wildman–Crippen MR) is 121 cm³/mol. The maximum atomic E-state index is 13.2. The van der Waals surface area contributed by atoms with Gasteiger partial charge in [-0.15, -0.1) is 11.3 Å². The summed E-state index contributed by atoms with van der Waals surface area (Å²) < 4.78 is 44.8. The van der Waals surface area contributed by atoms with Crippen molar-refractivity contribution in [2.75, 3.05) is 0 Å². The maximum absolute atomic E-state index is 13.2. The van der Waals surface area contributed by atoms with Crippen LogP contribution in [0.2, 0.25) is 0 Å². The molecule has 0 aliphatic rings. The summed E-state index contributed by atoms with van der Waals surface area (Å²) in [6.45, 7) is 3.68. The number of pyridine rings is 1. The number of hydrogen-bond donors (Lipinski definition) is 0. The molecule has 0 amide bonds. The van der Waals surface area contributed by atoms with Crippen LogP contribution in [0.15, 0.2) is 84.7 Å². The molecule has 0 spiro atoms. The summed E-state index contributed by atoms with van der Waals surface area (Å²) in [6, 6.07) is 11.7. The summed E-state index contributed by atoms with van der Waals surface area (Å²) in [5.74, 6) is 0.386. The van der Waals surface area contributed by atoms with E-state index < -0.39 is 20.6 Å². The molecule has 33 heavy (non-hydrogen) atoms. The minimum atomic E-state index is -4.01. The van der Waals surface area contributed by atoms with E-state index >= 15 is 0 Å². The normalized spacial score (nSPS) is 11.2. The van der Waals surface area contributed by atoms with Gasteiger partial charge in [-0.25, -0.2) is 17.8 Å². The lowest BCUT2D eigenvalue weighted by Crippen LogP contribution is -2.03. The first-order valence-corrected chi connectivity index (χ1v) is 11.6. The molecule has 0 N–H and O–H groups in total. The van der Waals surface area contributed by atoms with Gasteiger partial charge in [0.25, 0.3) is 5.69 Å². The summed E-state index contributed by atoms with van der Waals surface area (Å²) in [4.78, 5) is 18.7. The Morgan fingerprint density at radius 3 is 2.42 bits per heavy atom. The highest BCUT2D eigenvalue weighted by Crippen LogP contribution is 2.38. The fraction of sp³-hybridized carbons (Fsp3) is 0. The molecule has 2 aromatic carbocycles. The zero-order valence-corrected chi connectivity index (χ0v) is 18.3. The second-order valence-electron chi connectivity index (χ2n) is 6.64. The number of benzene rings is 2. The second-order valence-corrected chi connectivity index (χ2v) is 9.64. The lowest BCUT2D eigenvalue weighted by molar-refractivity contribution is -0.384. The third-order valence-corrected chi connectivity index (χ3v) is 7.47. The molecule has 0 radical (unpaired) electrons. The highest BCUT2D eigenvalue weighted by atomic mass is 32.2. The standard InChI is InChI=1S/C22H14FN3O5S2/c1-14(33(29,30)18-8-4-16(5-9-18)26(27)28)22-25-13-21(32-22)19-10-11-24-12-20(19)31-17-6-2-15(23)3-7-17/h2-13H,1H2. The minimum absolute atomic E-state index is 0.126. The molecule has 0 saturated carbocycles. The summed E-state index contributed by atoms with van der Waals surface area (Å²) >= 11 is 1.09. The summed E-state index contributed by atoms with van der Waals surface area (Å²) in [7, 11) is -4.01. The van der Waals surface area contributed by atoms with Gasteiger partial charge in [0.2, 0.25) is 9.84 Å². The molecule has 0 aliphatic heterocycles. The van der Waals surface area contributed by atoms with E-state index in [4.69, 9.17) is 4.74 Å². The highest BCUT2D eigenvalue weighted by Gasteiger charge is 2.24. The zero-order chi connectivity index (χ0) is 23.6. The lowest BCUT2D eigenvalue weighted by Gasteiger charge is -2.09. The molecule has 2 aromatic heterocycles. The number of sulfone groups is 1. The number of halogens is 1. The van der Waals surface area contributed by atoms with Gasteiger partial charge >= 0.3 is 0 Å². The molecular weight excluding hydrogens is 469 g/mol. The number of hydrogen-bond acceptors (Lipinski definition) is 8. The van der Waals surface area contributed by atoms with Crippen molar-refractivity contribution in [1.82, 2.24) is 9.97 Å². The Kier molecular flexibility index (Phi) is 5.99. The van der Waals surface area contributed by atoms with E-state index in [2.05, 4.69) is 16.5 Å². The van der Waals surface area contributed by atoms with Gasteiger partial charge in [-0.05, 0) is 42.5 Å². The van der Waals surface area contributed by atoms with Crippen LogP contribution in [0.5, 0.6) is 11.5 Å². The second kappa shape index (κ2) is 8.88. The van der Waals surface area contributed by atoms with E-state index in [0.717, 1.165) is 35.6 Å². The van der Waals surface area contributed by atoms with Gasteiger partial charge in [-0.1, -0.05) is 6.58 Å².